The van der Waals surface area contributed by atoms with Crippen LogP contribution in [0.5, 0.6) is 0 Å². The maximum absolute atomic E-state index is 9.78. The van der Waals surface area contributed by atoms with E-state index in [1.165, 1.54) is 0 Å². The van der Waals surface area contributed by atoms with Crippen LogP contribution in [0, 0.1) is 0 Å². The van der Waals surface area contributed by atoms with Gasteiger partial charge >= 0.3 is 0 Å². The molecule has 0 aliphatic heterocycles. The Morgan fingerprint density at radius 1 is 1.19 bits per heavy atom. The summed E-state index contributed by atoms with van der Waals surface area (Å²) in [4.78, 5) is 12.8. The molecule has 108 valence electrons. The van der Waals surface area contributed by atoms with Crippen molar-refractivity contribution in [1.82, 2.24) is 20.1 Å². The van der Waals surface area contributed by atoms with Crippen LogP contribution in [0.2, 0.25) is 0 Å². The number of aliphatic hydroxyl groups is 1. The Morgan fingerprint density at radius 2 is 2.00 bits per heavy atom. The molecule has 1 unspecified atom stereocenters. The molecule has 0 aliphatic rings. The molecule has 1 aromatic carbocycles. The molecule has 0 amide bonds. The monoisotopic (exact) mass is 284 g/mol. The van der Waals surface area contributed by atoms with E-state index in [2.05, 4.69) is 20.1 Å². The highest BCUT2D eigenvalue weighted by atomic mass is 16.5. The quantitative estimate of drug-likeness (QED) is 0.774. The molecule has 1 N–H and O–H groups in total. The molecule has 0 fully saturated rings. The summed E-state index contributed by atoms with van der Waals surface area (Å²) in [5.74, 6) is 0.950. The van der Waals surface area contributed by atoms with Crippen LogP contribution in [-0.2, 0) is 6.42 Å². The lowest BCUT2D eigenvalue weighted by atomic mass is 10.1. The number of nitrogens with zero attached hydrogens (tertiary/aromatic N) is 4. The molecule has 2 heterocycles. The minimum atomic E-state index is -0.439. The van der Waals surface area contributed by atoms with Gasteiger partial charge in [-0.1, -0.05) is 18.5 Å². The number of rotatable bonds is 5. The fourth-order valence-corrected chi connectivity index (χ4v) is 2.19. The molecular formula is C15H16N4O2. The molecule has 2 aromatic heterocycles. The van der Waals surface area contributed by atoms with E-state index >= 15 is 0 Å². The maximum Gasteiger partial charge on any atom is 0.229 e. The fraction of sp³-hybridized carbons (Fsp3) is 0.333. The molecule has 0 radical (unpaired) electrons. The third kappa shape index (κ3) is 3.05. The zero-order chi connectivity index (χ0) is 14.7. The van der Waals surface area contributed by atoms with Gasteiger partial charge in [-0.3, -0.25) is 9.97 Å². The lowest BCUT2D eigenvalue weighted by Crippen LogP contribution is -2.09. The van der Waals surface area contributed by atoms with Crippen molar-refractivity contribution < 1.29 is 9.63 Å². The zero-order valence-electron chi connectivity index (χ0n) is 11.7. The summed E-state index contributed by atoms with van der Waals surface area (Å²) < 4.78 is 5.19. The second kappa shape index (κ2) is 5.97. The summed E-state index contributed by atoms with van der Waals surface area (Å²) in [6.07, 6.45) is 4.90. The Morgan fingerprint density at radius 3 is 2.81 bits per heavy atom. The van der Waals surface area contributed by atoms with Gasteiger partial charge in [0, 0.05) is 18.0 Å². The van der Waals surface area contributed by atoms with Crippen LogP contribution in [0.25, 0.3) is 22.4 Å². The molecule has 21 heavy (non-hydrogen) atoms. The first-order valence-electron chi connectivity index (χ1n) is 6.98. The highest BCUT2D eigenvalue weighted by molar-refractivity contribution is 5.79. The molecule has 1 atom stereocenters. The first kappa shape index (κ1) is 13.6. The molecule has 0 bridgehead atoms. The van der Waals surface area contributed by atoms with Gasteiger partial charge in [0.2, 0.25) is 11.7 Å². The Kier molecular flexibility index (Phi) is 3.87. The predicted octanol–water partition coefficient (Wildman–Crippen LogP) is 2.38. The normalized spacial score (nSPS) is 12.7. The van der Waals surface area contributed by atoms with Crippen molar-refractivity contribution in [2.75, 3.05) is 0 Å². The van der Waals surface area contributed by atoms with Crippen molar-refractivity contribution in [3.05, 3.63) is 36.5 Å². The largest absolute Gasteiger partial charge is 0.393 e. The first-order chi connectivity index (χ1) is 10.3. The standard InChI is InChI=1S/C15H16N4O2/c1-2-3-11(20)9-14-18-15(19-21-14)10-4-5-12-13(8-10)17-7-6-16-12/h4-8,11,20H,2-3,9H2,1H3. The van der Waals surface area contributed by atoms with Crippen LogP contribution in [0.15, 0.2) is 35.1 Å². The van der Waals surface area contributed by atoms with Crippen LogP contribution in [-0.4, -0.2) is 31.3 Å². The average Bonchev–Trinajstić information content (AvgIpc) is 2.95. The molecular weight excluding hydrogens is 268 g/mol. The Labute approximate surface area is 121 Å². The maximum atomic E-state index is 9.78. The van der Waals surface area contributed by atoms with Crippen LogP contribution in [0.1, 0.15) is 25.7 Å². The van der Waals surface area contributed by atoms with Gasteiger partial charge in [0.25, 0.3) is 0 Å². The van der Waals surface area contributed by atoms with Crippen molar-refractivity contribution in [2.24, 2.45) is 0 Å². The Bertz CT molecular complexity index is 741. The number of hydrogen-bond acceptors (Lipinski definition) is 6. The highest BCUT2D eigenvalue weighted by Gasteiger charge is 2.13. The summed E-state index contributed by atoms with van der Waals surface area (Å²) in [6, 6.07) is 5.63. The molecule has 0 spiro atoms. The number of fused-ring (bicyclic) bond motifs is 1. The lowest BCUT2D eigenvalue weighted by Gasteiger charge is -2.03. The van der Waals surface area contributed by atoms with Crippen molar-refractivity contribution in [1.29, 1.82) is 0 Å². The van der Waals surface area contributed by atoms with Crippen molar-refractivity contribution >= 4 is 11.0 Å². The third-order valence-corrected chi connectivity index (χ3v) is 3.23. The Balaban J connectivity index is 1.84. The van der Waals surface area contributed by atoms with Crippen molar-refractivity contribution in [3.63, 3.8) is 0 Å². The van der Waals surface area contributed by atoms with Gasteiger partial charge in [0.1, 0.15) is 0 Å². The first-order valence-corrected chi connectivity index (χ1v) is 6.98. The molecule has 3 aromatic rings. The summed E-state index contributed by atoms with van der Waals surface area (Å²) in [7, 11) is 0. The number of benzene rings is 1. The summed E-state index contributed by atoms with van der Waals surface area (Å²) >= 11 is 0. The van der Waals surface area contributed by atoms with E-state index in [1.807, 2.05) is 25.1 Å². The summed E-state index contributed by atoms with van der Waals surface area (Å²) in [5, 5.41) is 13.7. The van der Waals surface area contributed by atoms with E-state index in [0.29, 0.717) is 18.1 Å². The van der Waals surface area contributed by atoms with E-state index in [9.17, 15) is 5.11 Å². The van der Waals surface area contributed by atoms with E-state index in [-0.39, 0.29) is 0 Å². The second-order valence-electron chi connectivity index (χ2n) is 4.92. The highest BCUT2D eigenvalue weighted by Crippen LogP contribution is 2.20. The topological polar surface area (TPSA) is 84.9 Å². The van der Waals surface area contributed by atoms with Gasteiger partial charge in [0.05, 0.1) is 23.6 Å². The van der Waals surface area contributed by atoms with E-state index in [4.69, 9.17) is 4.52 Å². The number of hydrogen-bond donors (Lipinski definition) is 1. The van der Waals surface area contributed by atoms with Crippen LogP contribution >= 0.6 is 0 Å². The number of aliphatic hydroxyl groups excluding tert-OH is 1. The molecule has 0 saturated carbocycles. The number of aromatic nitrogens is 4. The minimum absolute atomic E-state index is 0.383. The van der Waals surface area contributed by atoms with Crippen LogP contribution < -0.4 is 0 Å². The van der Waals surface area contributed by atoms with Gasteiger partial charge < -0.3 is 9.63 Å². The third-order valence-electron chi connectivity index (χ3n) is 3.23. The second-order valence-corrected chi connectivity index (χ2v) is 4.92. The molecule has 6 nitrogen and oxygen atoms in total. The van der Waals surface area contributed by atoms with E-state index in [0.717, 1.165) is 29.4 Å². The van der Waals surface area contributed by atoms with Crippen molar-refractivity contribution in [3.8, 4) is 11.4 Å². The average molecular weight is 284 g/mol. The molecule has 3 rings (SSSR count). The minimum Gasteiger partial charge on any atom is -0.393 e. The lowest BCUT2D eigenvalue weighted by molar-refractivity contribution is 0.152. The fourth-order valence-electron chi connectivity index (χ4n) is 2.19. The van der Waals surface area contributed by atoms with Crippen LogP contribution in [0.3, 0.4) is 0 Å². The Hall–Kier alpha value is -2.34. The molecule has 0 aliphatic carbocycles. The van der Waals surface area contributed by atoms with Crippen molar-refractivity contribution in [2.45, 2.75) is 32.3 Å². The van der Waals surface area contributed by atoms with Gasteiger partial charge in [-0.15, -0.1) is 0 Å². The van der Waals surface area contributed by atoms with Crippen LogP contribution in [0.4, 0.5) is 0 Å². The van der Waals surface area contributed by atoms with Gasteiger partial charge in [-0.05, 0) is 24.6 Å². The molecule has 0 saturated heterocycles. The predicted molar refractivity (Wildman–Crippen MR) is 77.4 cm³/mol. The van der Waals surface area contributed by atoms with Gasteiger partial charge in [0.15, 0.2) is 0 Å². The smallest absolute Gasteiger partial charge is 0.229 e. The summed E-state index contributed by atoms with van der Waals surface area (Å²) in [6.45, 7) is 2.03. The van der Waals surface area contributed by atoms with E-state index < -0.39 is 6.10 Å². The van der Waals surface area contributed by atoms with Gasteiger partial charge in [-0.2, -0.15) is 4.98 Å². The SMILES string of the molecule is CCCC(O)Cc1nc(-c2ccc3nccnc3c2)no1. The van der Waals surface area contributed by atoms with Gasteiger partial charge in [-0.25, -0.2) is 0 Å². The van der Waals surface area contributed by atoms with E-state index in [1.54, 1.807) is 12.4 Å². The zero-order valence-corrected chi connectivity index (χ0v) is 11.7. The molecule has 6 heteroatoms. The summed E-state index contributed by atoms with van der Waals surface area (Å²) in [5.41, 5.74) is 2.43.